The van der Waals surface area contributed by atoms with Gasteiger partial charge >= 0.3 is 0 Å². The van der Waals surface area contributed by atoms with Crippen LogP contribution < -0.4 is 9.64 Å². The molecular weight excluding hydrogens is 342 g/mol. The van der Waals surface area contributed by atoms with Crippen molar-refractivity contribution in [3.05, 3.63) is 102 Å². The Labute approximate surface area is 169 Å². The van der Waals surface area contributed by atoms with Crippen molar-refractivity contribution in [2.45, 2.75) is 13.3 Å². The van der Waals surface area contributed by atoms with E-state index in [-0.39, 0.29) is 0 Å². The van der Waals surface area contributed by atoms with E-state index < -0.39 is 0 Å². The van der Waals surface area contributed by atoms with Crippen molar-refractivity contribution in [2.24, 2.45) is 0 Å². The van der Waals surface area contributed by atoms with Gasteiger partial charge in [0.25, 0.3) is 0 Å². The smallest absolute Gasteiger partial charge is 0.137 e. The summed E-state index contributed by atoms with van der Waals surface area (Å²) in [5, 5.41) is 0. The van der Waals surface area contributed by atoms with E-state index >= 15 is 0 Å². The molecule has 0 saturated heterocycles. The highest BCUT2D eigenvalue weighted by molar-refractivity contribution is 5.98. The molecule has 0 fully saturated rings. The van der Waals surface area contributed by atoms with Crippen molar-refractivity contribution in [2.75, 3.05) is 27.2 Å². The average molecular weight is 373 g/mol. The highest BCUT2D eigenvalue weighted by Crippen LogP contribution is 2.34. The van der Waals surface area contributed by atoms with Gasteiger partial charge < -0.3 is 9.64 Å². The summed E-state index contributed by atoms with van der Waals surface area (Å²) < 4.78 is 5.89. The molecule has 0 aliphatic rings. The zero-order valence-electron chi connectivity index (χ0n) is 17.1. The van der Waals surface area contributed by atoms with E-state index in [0.717, 1.165) is 25.3 Å². The quantitative estimate of drug-likeness (QED) is 0.572. The minimum Gasteiger partial charge on any atom is -0.488 e. The van der Waals surface area contributed by atoms with Crippen molar-refractivity contribution in [3.63, 3.8) is 0 Å². The Morgan fingerprint density at radius 1 is 0.714 bits per heavy atom. The third-order valence-corrected chi connectivity index (χ3v) is 4.85. The third kappa shape index (κ3) is 5.11. The molecule has 3 rings (SSSR count). The van der Waals surface area contributed by atoms with Crippen LogP contribution in [-0.2, 0) is 0 Å². The van der Waals surface area contributed by atoms with Crippen LogP contribution in [0.4, 0.5) is 0 Å². The van der Waals surface area contributed by atoms with Gasteiger partial charge in [0.05, 0.1) is 14.1 Å². The van der Waals surface area contributed by atoms with E-state index in [0.29, 0.717) is 0 Å². The zero-order valence-corrected chi connectivity index (χ0v) is 17.1. The molecule has 144 valence electrons. The fraction of sp³-hybridized carbons (Fsp3) is 0.231. The van der Waals surface area contributed by atoms with Gasteiger partial charge in [0.2, 0.25) is 0 Å². The second kappa shape index (κ2) is 9.91. The fourth-order valence-corrected chi connectivity index (χ4v) is 3.38. The number of benzene rings is 3. The van der Waals surface area contributed by atoms with Crippen molar-refractivity contribution < 1.29 is 9.64 Å². The Kier molecular flexibility index (Phi) is 7.05. The molecule has 0 aromatic heterocycles. The monoisotopic (exact) mass is 372 g/mol. The molecule has 0 unspecified atom stereocenters. The maximum Gasteiger partial charge on any atom is 0.137 e. The van der Waals surface area contributed by atoms with E-state index in [1.807, 2.05) is 0 Å². The first-order valence-corrected chi connectivity index (χ1v) is 10.0. The first kappa shape index (κ1) is 19.9. The summed E-state index contributed by atoms with van der Waals surface area (Å²) in [7, 11) is 4.28. The molecule has 0 saturated carbocycles. The van der Waals surface area contributed by atoms with Gasteiger partial charge in [-0.1, -0.05) is 79.7 Å². The first-order chi connectivity index (χ1) is 13.7. The molecule has 28 heavy (non-hydrogen) atoms. The van der Waals surface area contributed by atoms with Gasteiger partial charge in [0.1, 0.15) is 18.9 Å². The van der Waals surface area contributed by atoms with E-state index in [1.165, 1.54) is 32.7 Å². The van der Waals surface area contributed by atoms with Crippen LogP contribution in [0.5, 0.6) is 5.75 Å². The third-order valence-electron chi connectivity index (χ3n) is 4.85. The predicted octanol–water partition coefficient (Wildman–Crippen LogP) is 4.58. The van der Waals surface area contributed by atoms with Gasteiger partial charge in [0, 0.05) is 0 Å². The fourth-order valence-electron chi connectivity index (χ4n) is 3.38. The van der Waals surface area contributed by atoms with E-state index in [4.69, 9.17) is 4.74 Å². The van der Waals surface area contributed by atoms with Crippen LogP contribution in [-0.4, -0.2) is 27.2 Å². The molecule has 3 aromatic rings. The second-order valence-electron chi connectivity index (χ2n) is 7.27. The molecule has 2 nitrogen and oxygen atoms in total. The van der Waals surface area contributed by atoms with Crippen molar-refractivity contribution in [3.8, 4) is 5.75 Å². The molecule has 0 aliphatic carbocycles. The Bertz CT molecular complexity index is 881. The summed E-state index contributed by atoms with van der Waals surface area (Å²) in [5.74, 6) is 0.926. The molecule has 0 aliphatic heterocycles. The van der Waals surface area contributed by atoms with E-state index in [2.05, 4.69) is 106 Å². The van der Waals surface area contributed by atoms with Crippen molar-refractivity contribution in [1.82, 2.24) is 0 Å². The summed E-state index contributed by atoms with van der Waals surface area (Å²) in [5.41, 5.74) is 6.39. The lowest BCUT2D eigenvalue weighted by molar-refractivity contribution is -0.858. The highest BCUT2D eigenvalue weighted by Gasteiger charge is 2.13. The predicted molar refractivity (Wildman–Crippen MR) is 119 cm³/mol. The van der Waals surface area contributed by atoms with Gasteiger partial charge in [0.15, 0.2) is 0 Å². The maximum absolute atomic E-state index is 5.89. The van der Waals surface area contributed by atoms with Crippen LogP contribution in [0.25, 0.3) is 11.1 Å². The van der Waals surface area contributed by atoms with Gasteiger partial charge in [-0.25, -0.2) is 0 Å². The summed E-state index contributed by atoms with van der Waals surface area (Å²) >= 11 is 0. The van der Waals surface area contributed by atoms with E-state index in [1.54, 1.807) is 0 Å². The summed E-state index contributed by atoms with van der Waals surface area (Å²) in [4.78, 5) is 1.39. The van der Waals surface area contributed by atoms with Gasteiger partial charge in [-0.2, -0.15) is 0 Å². The Balaban J connectivity index is 2.00. The van der Waals surface area contributed by atoms with Gasteiger partial charge in [-0.05, 0) is 46.4 Å². The topological polar surface area (TPSA) is 13.7 Å². The van der Waals surface area contributed by atoms with Crippen LogP contribution >= 0.6 is 0 Å². The number of hydrogen-bond acceptors (Lipinski definition) is 1. The number of likely N-dealkylation sites (N-methyl/N-ethyl adjacent to an activating group) is 1. The molecule has 3 aromatic carbocycles. The number of hydrogen-bond donors (Lipinski definition) is 1. The zero-order chi connectivity index (χ0) is 19.8. The minimum atomic E-state index is 0.729. The Morgan fingerprint density at radius 3 is 1.79 bits per heavy atom. The number of ether oxygens (including phenoxy) is 1. The molecule has 0 heterocycles. The lowest BCUT2D eigenvalue weighted by atomic mass is 9.88. The van der Waals surface area contributed by atoms with Crippen molar-refractivity contribution >= 4 is 11.1 Å². The molecule has 0 spiro atoms. The molecule has 0 radical (unpaired) electrons. The van der Waals surface area contributed by atoms with Gasteiger partial charge in [-0.15, -0.1) is 0 Å². The van der Waals surface area contributed by atoms with Gasteiger partial charge in [-0.3, -0.25) is 0 Å². The molecule has 0 bridgehead atoms. The average Bonchev–Trinajstić information content (AvgIpc) is 2.73. The minimum absolute atomic E-state index is 0.729. The lowest BCUT2D eigenvalue weighted by Crippen LogP contribution is -3.06. The molecule has 0 amide bonds. The van der Waals surface area contributed by atoms with Crippen LogP contribution in [0.3, 0.4) is 0 Å². The lowest BCUT2D eigenvalue weighted by Gasteiger charge is -2.17. The molecule has 1 N–H and O–H groups in total. The highest BCUT2D eigenvalue weighted by atomic mass is 16.5. The molecule has 0 atom stereocenters. The standard InChI is InChI=1S/C26H29NO/c1-4-25(21-11-7-5-8-12-21)26(22-13-9-6-10-14-22)23-15-17-24(18-16-23)28-20-19-27(2)3/h5-18H,4,19-20H2,1-3H3/p+1/b26-25-. The van der Waals surface area contributed by atoms with Crippen molar-refractivity contribution in [1.29, 1.82) is 0 Å². The summed E-state index contributed by atoms with van der Waals surface area (Å²) in [6.07, 6.45) is 0.970. The van der Waals surface area contributed by atoms with Crippen LogP contribution in [0.15, 0.2) is 84.9 Å². The number of nitrogens with one attached hydrogen (secondary N) is 1. The molecular formula is C26H30NO+. The Hall–Kier alpha value is -2.84. The van der Waals surface area contributed by atoms with Crippen LogP contribution in [0.1, 0.15) is 30.0 Å². The first-order valence-electron chi connectivity index (χ1n) is 10.0. The number of quaternary nitrogens is 1. The van der Waals surface area contributed by atoms with Crippen LogP contribution in [0, 0.1) is 0 Å². The van der Waals surface area contributed by atoms with Crippen LogP contribution in [0.2, 0.25) is 0 Å². The number of allylic oxidation sites excluding steroid dienone is 1. The maximum atomic E-state index is 5.89. The summed E-state index contributed by atoms with van der Waals surface area (Å²) in [6.45, 7) is 3.95. The molecule has 2 heteroatoms. The summed E-state index contributed by atoms with van der Waals surface area (Å²) in [6, 6.07) is 29.9. The van der Waals surface area contributed by atoms with E-state index in [9.17, 15) is 0 Å². The largest absolute Gasteiger partial charge is 0.488 e. The SMILES string of the molecule is CC/C(=C(\c1ccccc1)c1ccc(OCC[NH+](C)C)cc1)c1ccccc1. The normalized spacial score (nSPS) is 12.0. The number of rotatable bonds is 8. The second-order valence-corrected chi connectivity index (χ2v) is 7.27. The Morgan fingerprint density at radius 2 is 1.25 bits per heavy atom.